The standard InChI is InChI=1S/C18H20N4O2/c1-12-8-14(22-11-19-10-20-22)6-7-15(12)18(24)16(9-21(2)3)17(23)13-4-5-13/h6-11,13H,4-5H2,1-3H3. The largest absolute Gasteiger partial charge is 0.383 e. The van der Waals surface area contributed by atoms with Gasteiger partial charge >= 0.3 is 0 Å². The van der Waals surface area contributed by atoms with Crippen molar-refractivity contribution in [2.24, 2.45) is 5.92 Å². The normalized spacial score (nSPS) is 14.5. The second-order valence-corrected chi connectivity index (χ2v) is 6.31. The number of allylic oxidation sites excluding steroid dienone is 1. The molecule has 0 aliphatic heterocycles. The fraction of sp³-hybridized carbons (Fsp3) is 0.333. The van der Waals surface area contributed by atoms with Crippen molar-refractivity contribution < 1.29 is 9.59 Å². The van der Waals surface area contributed by atoms with Crippen molar-refractivity contribution in [1.82, 2.24) is 19.7 Å². The lowest BCUT2D eigenvalue weighted by atomic mass is 9.95. The molecule has 0 atom stereocenters. The second-order valence-electron chi connectivity index (χ2n) is 6.31. The number of nitrogens with zero attached hydrogens (tertiary/aromatic N) is 4. The van der Waals surface area contributed by atoms with Crippen molar-refractivity contribution in [2.45, 2.75) is 19.8 Å². The van der Waals surface area contributed by atoms with E-state index in [1.807, 2.05) is 33.2 Å². The Balaban J connectivity index is 1.94. The summed E-state index contributed by atoms with van der Waals surface area (Å²) in [5, 5.41) is 4.08. The Hall–Kier alpha value is -2.76. The van der Waals surface area contributed by atoms with Gasteiger partial charge < -0.3 is 4.90 Å². The SMILES string of the molecule is Cc1cc(-n2cncn2)ccc1C(=O)C(=CN(C)C)C(=O)C1CC1. The summed E-state index contributed by atoms with van der Waals surface area (Å²) in [6.45, 7) is 1.86. The number of aromatic nitrogens is 3. The number of rotatable bonds is 6. The smallest absolute Gasteiger partial charge is 0.198 e. The zero-order valence-electron chi connectivity index (χ0n) is 14.1. The van der Waals surface area contributed by atoms with Crippen LogP contribution < -0.4 is 0 Å². The Morgan fingerprint density at radius 1 is 1.29 bits per heavy atom. The molecule has 0 unspecified atom stereocenters. The predicted octanol–water partition coefficient (Wildman–Crippen LogP) is 2.18. The first-order valence-electron chi connectivity index (χ1n) is 7.90. The summed E-state index contributed by atoms with van der Waals surface area (Å²) >= 11 is 0. The van der Waals surface area contributed by atoms with Crippen LogP contribution in [0.2, 0.25) is 0 Å². The summed E-state index contributed by atoms with van der Waals surface area (Å²) < 4.78 is 1.63. The van der Waals surface area contributed by atoms with Crippen LogP contribution in [-0.4, -0.2) is 45.3 Å². The van der Waals surface area contributed by atoms with Gasteiger partial charge in [0.1, 0.15) is 12.7 Å². The molecular weight excluding hydrogens is 304 g/mol. The van der Waals surface area contributed by atoms with Gasteiger partial charge in [0, 0.05) is 31.8 Å². The quantitative estimate of drug-likeness (QED) is 0.353. The highest BCUT2D eigenvalue weighted by Gasteiger charge is 2.35. The molecule has 0 amide bonds. The maximum atomic E-state index is 12.9. The van der Waals surface area contributed by atoms with Gasteiger partial charge in [0.05, 0.1) is 11.3 Å². The first-order valence-corrected chi connectivity index (χ1v) is 7.90. The van der Waals surface area contributed by atoms with Gasteiger partial charge in [-0.2, -0.15) is 5.10 Å². The van der Waals surface area contributed by atoms with E-state index in [2.05, 4.69) is 10.1 Å². The number of carbonyl (C=O) groups is 2. The molecule has 24 heavy (non-hydrogen) atoms. The Kier molecular flexibility index (Phi) is 4.29. The highest BCUT2D eigenvalue weighted by atomic mass is 16.1. The highest BCUT2D eigenvalue weighted by Crippen LogP contribution is 2.33. The molecule has 0 radical (unpaired) electrons. The summed E-state index contributed by atoms with van der Waals surface area (Å²) in [5.74, 6) is -0.258. The van der Waals surface area contributed by atoms with Crippen LogP contribution in [0.4, 0.5) is 0 Å². The van der Waals surface area contributed by atoms with Crippen LogP contribution in [0.3, 0.4) is 0 Å². The Labute approximate surface area is 140 Å². The molecule has 3 rings (SSSR count). The van der Waals surface area contributed by atoms with E-state index in [0.29, 0.717) is 5.56 Å². The van der Waals surface area contributed by atoms with Crippen molar-refractivity contribution in [3.05, 3.63) is 53.8 Å². The average molecular weight is 324 g/mol. The number of Topliss-reactive ketones (excluding diaryl/α,β-unsaturated/α-hetero) is 2. The van der Waals surface area contributed by atoms with E-state index >= 15 is 0 Å². The van der Waals surface area contributed by atoms with Gasteiger partial charge in [-0.15, -0.1) is 0 Å². The molecule has 1 aliphatic rings. The molecule has 1 saturated carbocycles. The number of hydrogen-bond donors (Lipinski definition) is 0. The van der Waals surface area contributed by atoms with Crippen molar-refractivity contribution in [2.75, 3.05) is 14.1 Å². The van der Waals surface area contributed by atoms with Crippen LogP contribution in [0, 0.1) is 12.8 Å². The fourth-order valence-electron chi connectivity index (χ4n) is 2.59. The van der Waals surface area contributed by atoms with Crippen molar-refractivity contribution in [3.8, 4) is 5.69 Å². The molecule has 2 aromatic rings. The molecule has 1 fully saturated rings. The average Bonchev–Trinajstić information content (AvgIpc) is 3.25. The van der Waals surface area contributed by atoms with Gasteiger partial charge in [0.15, 0.2) is 11.6 Å². The first-order chi connectivity index (χ1) is 11.5. The minimum atomic E-state index is -0.219. The third-order valence-electron chi connectivity index (χ3n) is 3.98. The van der Waals surface area contributed by atoms with E-state index in [1.165, 1.54) is 6.33 Å². The molecular formula is C18H20N4O2. The van der Waals surface area contributed by atoms with E-state index < -0.39 is 0 Å². The zero-order chi connectivity index (χ0) is 17.3. The van der Waals surface area contributed by atoms with Crippen LogP contribution in [0.5, 0.6) is 0 Å². The summed E-state index contributed by atoms with van der Waals surface area (Å²) in [6.07, 6.45) is 6.45. The predicted molar refractivity (Wildman–Crippen MR) is 89.9 cm³/mol. The third-order valence-corrected chi connectivity index (χ3v) is 3.98. The molecule has 0 bridgehead atoms. The van der Waals surface area contributed by atoms with E-state index in [-0.39, 0.29) is 23.1 Å². The maximum Gasteiger partial charge on any atom is 0.198 e. The van der Waals surface area contributed by atoms with Gasteiger partial charge in [-0.25, -0.2) is 9.67 Å². The number of benzene rings is 1. The van der Waals surface area contributed by atoms with Crippen LogP contribution in [-0.2, 0) is 4.79 Å². The minimum absolute atomic E-state index is 0.00915. The van der Waals surface area contributed by atoms with Crippen molar-refractivity contribution in [1.29, 1.82) is 0 Å². The topological polar surface area (TPSA) is 68.1 Å². The number of aryl methyl sites for hydroxylation is 1. The van der Waals surface area contributed by atoms with Gasteiger partial charge in [0.2, 0.25) is 0 Å². The molecule has 0 spiro atoms. The molecule has 1 aromatic heterocycles. The lowest BCUT2D eigenvalue weighted by Crippen LogP contribution is -2.19. The lowest BCUT2D eigenvalue weighted by Gasteiger charge is -2.12. The Morgan fingerprint density at radius 2 is 2.04 bits per heavy atom. The zero-order valence-corrected chi connectivity index (χ0v) is 14.1. The number of hydrogen-bond acceptors (Lipinski definition) is 5. The molecule has 1 heterocycles. The van der Waals surface area contributed by atoms with Crippen LogP contribution >= 0.6 is 0 Å². The summed E-state index contributed by atoms with van der Waals surface area (Å²) in [4.78, 5) is 31.1. The van der Waals surface area contributed by atoms with Gasteiger partial charge in [-0.05, 0) is 43.5 Å². The van der Waals surface area contributed by atoms with Crippen LogP contribution in [0.15, 0.2) is 42.6 Å². The van der Waals surface area contributed by atoms with E-state index in [9.17, 15) is 9.59 Å². The maximum absolute atomic E-state index is 12.9. The van der Waals surface area contributed by atoms with Crippen molar-refractivity contribution >= 4 is 11.6 Å². The van der Waals surface area contributed by atoms with Gasteiger partial charge in [0.25, 0.3) is 0 Å². The van der Waals surface area contributed by atoms with Crippen LogP contribution in [0.25, 0.3) is 5.69 Å². The summed E-state index contributed by atoms with van der Waals surface area (Å²) in [6, 6.07) is 5.43. The first kappa shape index (κ1) is 16.1. The number of carbonyl (C=O) groups excluding carboxylic acids is 2. The fourth-order valence-corrected chi connectivity index (χ4v) is 2.59. The molecule has 0 saturated heterocycles. The van der Waals surface area contributed by atoms with E-state index in [1.54, 1.807) is 28.2 Å². The Bertz CT molecular complexity index is 802. The summed E-state index contributed by atoms with van der Waals surface area (Å²) in [5.41, 5.74) is 2.44. The number of ketones is 2. The molecule has 6 nitrogen and oxygen atoms in total. The van der Waals surface area contributed by atoms with Crippen LogP contribution in [0.1, 0.15) is 28.8 Å². The van der Waals surface area contributed by atoms with Gasteiger partial charge in [-0.1, -0.05) is 0 Å². The molecule has 1 aliphatic carbocycles. The molecule has 1 aromatic carbocycles. The summed E-state index contributed by atoms with van der Waals surface area (Å²) in [7, 11) is 3.63. The molecule has 0 N–H and O–H groups in total. The van der Waals surface area contributed by atoms with Gasteiger partial charge in [-0.3, -0.25) is 9.59 Å². The van der Waals surface area contributed by atoms with Crippen molar-refractivity contribution in [3.63, 3.8) is 0 Å². The highest BCUT2D eigenvalue weighted by molar-refractivity contribution is 6.27. The minimum Gasteiger partial charge on any atom is -0.383 e. The lowest BCUT2D eigenvalue weighted by molar-refractivity contribution is -0.116. The molecule has 124 valence electrons. The Morgan fingerprint density at radius 3 is 2.58 bits per heavy atom. The monoisotopic (exact) mass is 324 g/mol. The third kappa shape index (κ3) is 3.27. The van der Waals surface area contributed by atoms with E-state index in [0.717, 1.165) is 24.1 Å². The second kappa shape index (κ2) is 6.39. The van der Waals surface area contributed by atoms with E-state index in [4.69, 9.17) is 0 Å². The molecule has 6 heteroatoms.